The average molecular weight is 173 g/mol. The predicted octanol–water partition coefficient (Wildman–Crippen LogP) is 1.89. The molecule has 0 radical (unpaired) electrons. The molecule has 1 aliphatic heterocycles. The van der Waals surface area contributed by atoms with Gasteiger partial charge in [0.15, 0.2) is 5.72 Å². The maximum absolute atomic E-state index is 9.52. The van der Waals surface area contributed by atoms with Crippen molar-refractivity contribution in [1.29, 1.82) is 0 Å². The Labute approximate surface area is 72.1 Å². The lowest BCUT2D eigenvalue weighted by Gasteiger charge is -2.16. The number of aliphatic hydroxyl groups is 1. The van der Waals surface area contributed by atoms with Gasteiger partial charge in [-0.3, -0.25) is 0 Å². The van der Waals surface area contributed by atoms with E-state index in [2.05, 4.69) is 25.8 Å². The molecule has 0 spiro atoms. The van der Waals surface area contributed by atoms with Crippen LogP contribution in [0.4, 0.5) is 0 Å². The normalized spacial score (nSPS) is 32.3. The van der Waals surface area contributed by atoms with Crippen molar-refractivity contribution in [1.82, 2.24) is 0 Å². The van der Waals surface area contributed by atoms with E-state index in [0.29, 0.717) is 5.75 Å². The van der Waals surface area contributed by atoms with E-state index in [9.17, 15) is 5.11 Å². The molecule has 2 nitrogen and oxygen atoms in total. The van der Waals surface area contributed by atoms with E-state index in [-0.39, 0.29) is 5.41 Å². The van der Waals surface area contributed by atoms with Gasteiger partial charge < -0.3 is 5.11 Å². The van der Waals surface area contributed by atoms with Crippen LogP contribution in [0.3, 0.4) is 0 Å². The highest BCUT2D eigenvalue weighted by molar-refractivity contribution is 8.14. The zero-order valence-corrected chi connectivity index (χ0v) is 8.33. The summed E-state index contributed by atoms with van der Waals surface area (Å²) in [7, 11) is 0. The Bertz CT molecular complexity index is 191. The molecular formula is C8H15NOS. The lowest BCUT2D eigenvalue weighted by molar-refractivity contribution is 0.0982. The highest BCUT2D eigenvalue weighted by Gasteiger charge is 2.32. The standard InChI is InChI=1S/C8H15NOS/c1-7(2,3)6-9-8(4,10)5-11-6/h10H,5H2,1-4H3. The second-order valence-corrected chi connectivity index (χ2v) is 5.14. The highest BCUT2D eigenvalue weighted by atomic mass is 32.2. The van der Waals surface area contributed by atoms with Gasteiger partial charge in [0.05, 0.1) is 5.04 Å². The Kier molecular flexibility index (Phi) is 2.05. The molecule has 1 N–H and O–H groups in total. The van der Waals surface area contributed by atoms with Crippen molar-refractivity contribution < 1.29 is 5.11 Å². The van der Waals surface area contributed by atoms with Crippen LogP contribution in [0.15, 0.2) is 4.99 Å². The minimum absolute atomic E-state index is 0.0884. The number of hydrogen-bond donors (Lipinski definition) is 1. The summed E-state index contributed by atoms with van der Waals surface area (Å²) >= 11 is 1.66. The number of aliphatic imine (C=N–C) groups is 1. The van der Waals surface area contributed by atoms with E-state index >= 15 is 0 Å². The van der Waals surface area contributed by atoms with Crippen LogP contribution in [0.2, 0.25) is 0 Å². The molecule has 3 heteroatoms. The SMILES string of the molecule is CC1(O)CSC(C(C)(C)C)=N1. The van der Waals surface area contributed by atoms with Crippen molar-refractivity contribution in [3.05, 3.63) is 0 Å². The van der Waals surface area contributed by atoms with Crippen LogP contribution >= 0.6 is 11.8 Å². The summed E-state index contributed by atoms with van der Waals surface area (Å²) in [4.78, 5) is 4.23. The first-order valence-electron chi connectivity index (χ1n) is 3.77. The quantitative estimate of drug-likeness (QED) is 0.606. The summed E-state index contributed by atoms with van der Waals surface area (Å²) in [5.41, 5.74) is -0.738. The van der Waals surface area contributed by atoms with Crippen LogP contribution in [-0.2, 0) is 0 Å². The Hall–Kier alpha value is -0.0200. The molecule has 1 atom stereocenters. The number of thioether (sulfide) groups is 1. The number of hydrogen-bond acceptors (Lipinski definition) is 3. The fourth-order valence-electron chi connectivity index (χ4n) is 0.873. The molecule has 64 valence electrons. The third kappa shape index (κ3) is 2.20. The van der Waals surface area contributed by atoms with Gasteiger partial charge in [-0.1, -0.05) is 20.8 Å². The molecule has 0 bridgehead atoms. The number of nitrogens with zero attached hydrogens (tertiary/aromatic N) is 1. The van der Waals surface area contributed by atoms with E-state index in [4.69, 9.17) is 0 Å². The minimum Gasteiger partial charge on any atom is -0.369 e. The molecule has 11 heavy (non-hydrogen) atoms. The average Bonchev–Trinajstić information content (AvgIpc) is 2.07. The van der Waals surface area contributed by atoms with Crippen LogP contribution in [0.25, 0.3) is 0 Å². The van der Waals surface area contributed by atoms with Crippen molar-refractivity contribution in [2.75, 3.05) is 5.75 Å². The summed E-state index contributed by atoms with van der Waals surface area (Å²) in [5, 5.41) is 10.6. The molecule has 1 unspecified atom stereocenters. The van der Waals surface area contributed by atoms with E-state index in [1.807, 2.05) is 0 Å². The second kappa shape index (κ2) is 2.49. The molecule has 0 aromatic heterocycles. The van der Waals surface area contributed by atoms with E-state index in [1.165, 1.54) is 0 Å². The molecule has 0 fully saturated rings. The largest absolute Gasteiger partial charge is 0.369 e. The lowest BCUT2D eigenvalue weighted by Crippen LogP contribution is -2.21. The lowest BCUT2D eigenvalue weighted by atomic mass is 9.98. The first kappa shape index (κ1) is 9.07. The molecule has 0 saturated carbocycles. The van der Waals surface area contributed by atoms with Crippen LogP contribution < -0.4 is 0 Å². The fourth-order valence-corrected chi connectivity index (χ4v) is 2.04. The van der Waals surface area contributed by atoms with Gasteiger partial charge in [-0.15, -0.1) is 11.8 Å². The van der Waals surface area contributed by atoms with Crippen molar-refractivity contribution in [3.8, 4) is 0 Å². The Balaban J connectivity index is 2.79. The second-order valence-electron chi connectivity index (χ2n) is 4.17. The zero-order valence-electron chi connectivity index (χ0n) is 7.51. The maximum Gasteiger partial charge on any atom is 0.163 e. The van der Waals surface area contributed by atoms with Crippen LogP contribution in [-0.4, -0.2) is 21.6 Å². The van der Waals surface area contributed by atoms with E-state index in [0.717, 1.165) is 5.04 Å². The van der Waals surface area contributed by atoms with E-state index < -0.39 is 5.72 Å². The van der Waals surface area contributed by atoms with Gasteiger partial charge >= 0.3 is 0 Å². The van der Waals surface area contributed by atoms with Crippen molar-refractivity contribution >= 4 is 16.8 Å². The molecule has 0 aromatic carbocycles. The van der Waals surface area contributed by atoms with Gasteiger partial charge in [0.25, 0.3) is 0 Å². The first-order chi connectivity index (χ1) is 4.81. The fraction of sp³-hybridized carbons (Fsp3) is 0.875. The molecule has 0 amide bonds. The van der Waals surface area contributed by atoms with Crippen LogP contribution in [0.1, 0.15) is 27.7 Å². The summed E-state index contributed by atoms with van der Waals surface area (Å²) in [6, 6.07) is 0. The summed E-state index contributed by atoms with van der Waals surface area (Å²) in [6.07, 6.45) is 0. The predicted molar refractivity (Wildman–Crippen MR) is 50.0 cm³/mol. The molecular weight excluding hydrogens is 158 g/mol. The van der Waals surface area contributed by atoms with Gasteiger partial charge in [-0.25, -0.2) is 4.99 Å². The van der Waals surface area contributed by atoms with Gasteiger partial charge in [0.2, 0.25) is 0 Å². The third-order valence-corrected chi connectivity index (χ3v) is 3.13. The first-order valence-corrected chi connectivity index (χ1v) is 4.75. The topological polar surface area (TPSA) is 32.6 Å². The van der Waals surface area contributed by atoms with E-state index in [1.54, 1.807) is 18.7 Å². The van der Waals surface area contributed by atoms with Gasteiger partial charge in [-0.05, 0) is 6.92 Å². The molecule has 0 aromatic rings. The van der Waals surface area contributed by atoms with Gasteiger partial charge in [0.1, 0.15) is 0 Å². The molecule has 0 saturated heterocycles. The Morgan fingerprint density at radius 3 is 2.27 bits per heavy atom. The zero-order chi connectivity index (χ0) is 8.70. The highest BCUT2D eigenvalue weighted by Crippen LogP contribution is 2.34. The smallest absolute Gasteiger partial charge is 0.163 e. The van der Waals surface area contributed by atoms with Crippen molar-refractivity contribution in [2.45, 2.75) is 33.4 Å². The third-order valence-electron chi connectivity index (χ3n) is 1.47. The van der Waals surface area contributed by atoms with Crippen LogP contribution in [0.5, 0.6) is 0 Å². The molecule has 1 aliphatic rings. The number of rotatable bonds is 0. The van der Waals surface area contributed by atoms with Gasteiger partial charge in [-0.2, -0.15) is 0 Å². The van der Waals surface area contributed by atoms with Crippen molar-refractivity contribution in [3.63, 3.8) is 0 Å². The maximum atomic E-state index is 9.52. The Morgan fingerprint density at radius 2 is 2.09 bits per heavy atom. The minimum atomic E-state index is -0.826. The molecule has 1 heterocycles. The molecule has 1 rings (SSSR count). The monoisotopic (exact) mass is 173 g/mol. The summed E-state index contributed by atoms with van der Waals surface area (Å²) < 4.78 is 0. The van der Waals surface area contributed by atoms with Crippen molar-refractivity contribution in [2.24, 2.45) is 10.4 Å². The summed E-state index contributed by atoms with van der Waals surface area (Å²) in [5.74, 6) is 0.694. The molecule has 0 aliphatic carbocycles. The van der Waals surface area contributed by atoms with Crippen LogP contribution in [0, 0.1) is 5.41 Å². The Morgan fingerprint density at radius 1 is 1.55 bits per heavy atom. The summed E-state index contributed by atoms with van der Waals surface area (Å²) in [6.45, 7) is 8.08. The van der Waals surface area contributed by atoms with Gasteiger partial charge in [0, 0.05) is 11.2 Å².